The highest BCUT2D eigenvalue weighted by Crippen LogP contribution is 2.20. The Balaban J connectivity index is 1.59. The van der Waals surface area contributed by atoms with Gasteiger partial charge >= 0.3 is 0 Å². The molecule has 0 unspecified atom stereocenters. The van der Waals surface area contributed by atoms with Crippen molar-refractivity contribution >= 4 is 27.7 Å². The number of hydrogen-bond acceptors (Lipinski definition) is 4. The first-order valence-electron chi connectivity index (χ1n) is 9.51. The number of nitrogens with one attached hydrogen (secondary N) is 1. The lowest BCUT2D eigenvalue weighted by molar-refractivity contribution is -0.133. The van der Waals surface area contributed by atoms with Crippen LogP contribution in [0.4, 0.5) is 0 Å². The Hall–Kier alpha value is -2.28. The molecule has 3 rings (SSSR count). The fourth-order valence-electron chi connectivity index (χ4n) is 3.15. The summed E-state index contributed by atoms with van der Waals surface area (Å²) in [5.74, 6) is 0.995. The lowest BCUT2D eigenvalue weighted by atomic mass is 10.0. The van der Waals surface area contributed by atoms with Crippen molar-refractivity contribution in [3.63, 3.8) is 0 Å². The summed E-state index contributed by atoms with van der Waals surface area (Å²) in [6.07, 6.45) is 2.04. The van der Waals surface area contributed by atoms with E-state index in [4.69, 9.17) is 9.15 Å². The number of amides is 2. The predicted octanol–water partition coefficient (Wildman–Crippen LogP) is 4.00. The molecule has 1 N–H and O–H groups in total. The van der Waals surface area contributed by atoms with E-state index in [0.717, 1.165) is 30.4 Å². The van der Waals surface area contributed by atoms with Crippen LogP contribution < -0.4 is 10.1 Å². The molecule has 0 saturated carbocycles. The Kier molecular flexibility index (Phi) is 6.78. The zero-order chi connectivity index (χ0) is 20.1. The molecule has 2 amide bonds. The van der Waals surface area contributed by atoms with Crippen LogP contribution in [0.2, 0.25) is 0 Å². The summed E-state index contributed by atoms with van der Waals surface area (Å²) in [5.41, 5.74) is 0. The maximum absolute atomic E-state index is 12.7. The number of ether oxygens (including phenoxy) is 1. The molecule has 2 aromatic rings. The molecule has 0 aliphatic carbocycles. The molecule has 2 heterocycles. The normalized spacial score (nSPS) is 14.9. The molecular formula is C21H25BrN2O4. The van der Waals surface area contributed by atoms with E-state index in [2.05, 4.69) is 21.2 Å². The van der Waals surface area contributed by atoms with Crippen LogP contribution in [0.15, 0.2) is 45.3 Å². The summed E-state index contributed by atoms with van der Waals surface area (Å²) in [4.78, 5) is 27.1. The number of nitrogens with zero attached hydrogens (tertiary/aromatic N) is 1. The van der Waals surface area contributed by atoms with E-state index in [1.807, 2.05) is 43.0 Å². The fourth-order valence-corrected chi connectivity index (χ4v) is 3.53. The molecule has 0 spiro atoms. The number of furan rings is 1. The van der Waals surface area contributed by atoms with Gasteiger partial charge in [0.2, 0.25) is 5.91 Å². The van der Waals surface area contributed by atoms with Crippen LogP contribution in [-0.2, 0) is 11.4 Å². The van der Waals surface area contributed by atoms with E-state index in [0.29, 0.717) is 11.5 Å². The van der Waals surface area contributed by atoms with Crippen molar-refractivity contribution in [3.05, 3.63) is 52.4 Å². The molecule has 1 aliphatic rings. The molecule has 1 atom stereocenters. The van der Waals surface area contributed by atoms with Gasteiger partial charge in [-0.2, -0.15) is 0 Å². The van der Waals surface area contributed by atoms with Gasteiger partial charge in [-0.15, -0.1) is 0 Å². The summed E-state index contributed by atoms with van der Waals surface area (Å²) in [5, 5.41) is 2.83. The predicted molar refractivity (Wildman–Crippen MR) is 109 cm³/mol. The van der Waals surface area contributed by atoms with Gasteiger partial charge in [-0.25, -0.2) is 0 Å². The largest absolute Gasteiger partial charge is 0.486 e. The number of benzene rings is 1. The van der Waals surface area contributed by atoms with Gasteiger partial charge in [0.15, 0.2) is 5.76 Å². The Morgan fingerprint density at radius 1 is 1.21 bits per heavy atom. The van der Waals surface area contributed by atoms with Crippen molar-refractivity contribution in [1.29, 1.82) is 0 Å². The molecule has 7 heteroatoms. The number of carbonyl (C=O) groups is 2. The van der Waals surface area contributed by atoms with E-state index < -0.39 is 6.04 Å². The monoisotopic (exact) mass is 448 g/mol. The van der Waals surface area contributed by atoms with E-state index in [1.165, 1.54) is 0 Å². The quantitative estimate of drug-likeness (QED) is 0.694. The molecule has 1 fully saturated rings. The van der Waals surface area contributed by atoms with Gasteiger partial charge in [0.05, 0.1) is 0 Å². The third-order valence-electron chi connectivity index (χ3n) is 4.70. The fraction of sp³-hybridized carbons (Fsp3) is 0.429. The number of hydrogen-bond donors (Lipinski definition) is 1. The maximum atomic E-state index is 12.7. The molecule has 0 bridgehead atoms. The summed E-state index contributed by atoms with van der Waals surface area (Å²) in [7, 11) is 0. The first-order valence-corrected chi connectivity index (χ1v) is 10.3. The molecule has 28 heavy (non-hydrogen) atoms. The molecule has 1 aromatic heterocycles. The number of likely N-dealkylation sites (tertiary alicyclic amines) is 1. The zero-order valence-corrected chi connectivity index (χ0v) is 17.7. The van der Waals surface area contributed by atoms with E-state index >= 15 is 0 Å². The Morgan fingerprint density at radius 3 is 2.64 bits per heavy atom. The minimum atomic E-state index is -0.558. The van der Waals surface area contributed by atoms with E-state index in [-0.39, 0.29) is 30.1 Å². The van der Waals surface area contributed by atoms with Crippen LogP contribution in [-0.4, -0.2) is 35.8 Å². The van der Waals surface area contributed by atoms with Crippen LogP contribution in [0.5, 0.6) is 5.75 Å². The summed E-state index contributed by atoms with van der Waals surface area (Å²) < 4.78 is 12.2. The molecule has 6 nitrogen and oxygen atoms in total. The van der Waals surface area contributed by atoms with Crippen molar-refractivity contribution in [3.8, 4) is 5.75 Å². The zero-order valence-electron chi connectivity index (χ0n) is 16.1. The highest BCUT2D eigenvalue weighted by atomic mass is 79.9. The van der Waals surface area contributed by atoms with Gasteiger partial charge in [-0.3, -0.25) is 9.59 Å². The van der Waals surface area contributed by atoms with Gasteiger partial charge in [-0.1, -0.05) is 35.8 Å². The Morgan fingerprint density at radius 2 is 1.96 bits per heavy atom. The SMILES string of the molecule is CC(C)[C@H](NC(=O)c1ccc(COc2cccc(Br)c2)o1)C(=O)N1CCCC1. The summed E-state index contributed by atoms with van der Waals surface area (Å²) >= 11 is 3.39. The van der Waals surface area contributed by atoms with E-state index in [1.54, 1.807) is 12.1 Å². The molecule has 0 radical (unpaired) electrons. The Labute approximate surface area is 173 Å². The van der Waals surface area contributed by atoms with Gasteiger partial charge in [0.25, 0.3) is 5.91 Å². The lowest BCUT2D eigenvalue weighted by Gasteiger charge is -2.26. The molecule has 1 saturated heterocycles. The summed E-state index contributed by atoms with van der Waals surface area (Å²) in [6.45, 7) is 5.59. The number of halogens is 1. The van der Waals surface area contributed by atoms with Crippen molar-refractivity contribution in [2.45, 2.75) is 39.3 Å². The molecular weight excluding hydrogens is 424 g/mol. The Bertz CT molecular complexity index is 827. The maximum Gasteiger partial charge on any atom is 0.287 e. The lowest BCUT2D eigenvalue weighted by Crippen LogP contribution is -2.50. The van der Waals surface area contributed by atoms with Crippen LogP contribution in [0.1, 0.15) is 43.0 Å². The highest BCUT2D eigenvalue weighted by Gasteiger charge is 2.30. The average molecular weight is 449 g/mol. The second kappa shape index (κ2) is 9.28. The van der Waals surface area contributed by atoms with E-state index in [9.17, 15) is 9.59 Å². The third-order valence-corrected chi connectivity index (χ3v) is 5.19. The summed E-state index contributed by atoms with van der Waals surface area (Å²) in [6, 6.07) is 10.2. The van der Waals surface area contributed by atoms with Crippen molar-refractivity contribution < 1.29 is 18.7 Å². The van der Waals surface area contributed by atoms with Crippen LogP contribution >= 0.6 is 15.9 Å². The van der Waals surface area contributed by atoms with Gasteiger partial charge in [-0.05, 0) is 49.1 Å². The highest BCUT2D eigenvalue weighted by molar-refractivity contribution is 9.10. The standard InChI is InChI=1S/C21H25BrN2O4/c1-14(2)19(21(26)24-10-3-4-11-24)23-20(25)18-9-8-17(28-18)13-27-16-7-5-6-15(22)12-16/h5-9,12,14,19H,3-4,10-11,13H2,1-2H3,(H,23,25)/t19-/m0/s1. The van der Waals surface area contributed by atoms with Crippen LogP contribution in [0, 0.1) is 5.92 Å². The molecule has 1 aliphatic heterocycles. The van der Waals surface area contributed by atoms with Crippen LogP contribution in [0.3, 0.4) is 0 Å². The van der Waals surface area contributed by atoms with Crippen molar-refractivity contribution in [2.75, 3.05) is 13.1 Å². The first-order chi connectivity index (χ1) is 13.4. The average Bonchev–Trinajstić information content (AvgIpc) is 3.35. The topological polar surface area (TPSA) is 71.8 Å². The van der Waals surface area contributed by atoms with Crippen LogP contribution in [0.25, 0.3) is 0 Å². The minimum Gasteiger partial charge on any atom is -0.486 e. The second-order valence-corrected chi connectivity index (χ2v) is 8.16. The molecule has 1 aromatic carbocycles. The van der Waals surface area contributed by atoms with Crippen molar-refractivity contribution in [2.24, 2.45) is 5.92 Å². The third kappa shape index (κ3) is 5.16. The smallest absolute Gasteiger partial charge is 0.287 e. The van der Waals surface area contributed by atoms with Crippen molar-refractivity contribution in [1.82, 2.24) is 10.2 Å². The van der Waals surface area contributed by atoms with Gasteiger partial charge in [0, 0.05) is 17.6 Å². The molecule has 150 valence electrons. The van der Waals surface area contributed by atoms with Gasteiger partial charge in [0.1, 0.15) is 24.2 Å². The number of carbonyl (C=O) groups excluding carboxylic acids is 2. The minimum absolute atomic E-state index is 0.00802. The second-order valence-electron chi connectivity index (χ2n) is 7.24. The first kappa shape index (κ1) is 20.5. The number of rotatable bonds is 7. The van der Waals surface area contributed by atoms with Gasteiger partial charge < -0.3 is 19.4 Å².